The van der Waals surface area contributed by atoms with Crippen LogP contribution < -0.4 is 5.14 Å². The van der Waals surface area contributed by atoms with Crippen molar-refractivity contribution in [3.05, 3.63) is 11.4 Å². The van der Waals surface area contributed by atoms with E-state index in [1.165, 1.54) is 0 Å². The zero-order valence-corrected chi connectivity index (χ0v) is 12.8. The van der Waals surface area contributed by atoms with E-state index in [1.807, 2.05) is 0 Å². The summed E-state index contributed by atoms with van der Waals surface area (Å²) in [4.78, 5) is 11.7. The van der Waals surface area contributed by atoms with Gasteiger partial charge in [-0.25, -0.2) is 18.4 Å². The number of nitrogens with two attached hydrogens (primary N) is 1. The number of aromatic nitrogens is 2. The minimum Gasteiger partial charge on any atom is -0.458 e. The smallest absolute Gasteiger partial charge is 0.360 e. The molecule has 0 bridgehead atoms. The number of ether oxygens (including phenoxy) is 2. The van der Waals surface area contributed by atoms with Crippen molar-refractivity contribution in [3.8, 4) is 0 Å². The Kier molecular flexibility index (Phi) is 4.64. The van der Waals surface area contributed by atoms with Crippen molar-refractivity contribution in [1.82, 2.24) is 10.2 Å². The molecule has 3 N–H and O–H groups in total. The van der Waals surface area contributed by atoms with Gasteiger partial charge in [-0.05, 0) is 18.8 Å². The SMILES string of the molecule is CC(C)c1[nH]nc(C(=O)OCC2CCCO2)c1S(N)(=O)=O. The second-order valence-corrected chi connectivity index (χ2v) is 6.75. The molecule has 2 rings (SSSR count). The molecule has 1 unspecified atom stereocenters. The van der Waals surface area contributed by atoms with Gasteiger partial charge in [0.25, 0.3) is 0 Å². The van der Waals surface area contributed by atoms with Crippen LogP contribution in [-0.4, -0.2) is 43.9 Å². The van der Waals surface area contributed by atoms with Crippen LogP contribution in [0, 0.1) is 0 Å². The molecule has 118 valence electrons. The van der Waals surface area contributed by atoms with Crippen LogP contribution in [0.15, 0.2) is 4.90 Å². The van der Waals surface area contributed by atoms with Crippen molar-refractivity contribution < 1.29 is 22.7 Å². The maximum absolute atomic E-state index is 12.0. The fourth-order valence-electron chi connectivity index (χ4n) is 2.18. The van der Waals surface area contributed by atoms with E-state index in [9.17, 15) is 13.2 Å². The van der Waals surface area contributed by atoms with Gasteiger partial charge in [-0.1, -0.05) is 13.8 Å². The molecule has 1 aliphatic heterocycles. The number of hydrogen-bond acceptors (Lipinski definition) is 6. The van der Waals surface area contributed by atoms with E-state index in [4.69, 9.17) is 14.6 Å². The Bertz CT molecular complexity index is 617. The number of carbonyl (C=O) groups is 1. The van der Waals surface area contributed by atoms with Gasteiger partial charge in [0, 0.05) is 6.61 Å². The van der Waals surface area contributed by atoms with Crippen molar-refractivity contribution in [2.45, 2.75) is 43.6 Å². The van der Waals surface area contributed by atoms with Crippen LogP contribution in [0.25, 0.3) is 0 Å². The van der Waals surface area contributed by atoms with E-state index in [1.54, 1.807) is 13.8 Å². The van der Waals surface area contributed by atoms with Gasteiger partial charge in [0.05, 0.1) is 11.8 Å². The highest BCUT2D eigenvalue weighted by Gasteiger charge is 2.30. The Morgan fingerprint density at radius 2 is 2.29 bits per heavy atom. The van der Waals surface area contributed by atoms with Gasteiger partial charge in [0.15, 0.2) is 5.69 Å². The van der Waals surface area contributed by atoms with E-state index in [0.29, 0.717) is 12.3 Å². The predicted octanol–water partition coefficient (Wildman–Crippen LogP) is 0.516. The quantitative estimate of drug-likeness (QED) is 0.763. The van der Waals surface area contributed by atoms with Gasteiger partial charge in [-0.15, -0.1) is 0 Å². The normalized spacial score (nSPS) is 19.1. The van der Waals surface area contributed by atoms with Crippen LogP contribution >= 0.6 is 0 Å². The number of primary sulfonamides is 1. The molecule has 1 atom stereocenters. The first kappa shape index (κ1) is 15.9. The fourth-order valence-corrected chi connectivity index (χ4v) is 3.16. The lowest BCUT2D eigenvalue weighted by Gasteiger charge is -2.10. The van der Waals surface area contributed by atoms with Gasteiger partial charge in [-0.3, -0.25) is 5.10 Å². The molecule has 1 saturated heterocycles. The van der Waals surface area contributed by atoms with E-state index in [2.05, 4.69) is 10.2 Å². The summed E-state index contributed by atoms with van der Waals surface area (Å²) < 4.78 is 33.8. The van der Waals surface area contributed by atoms with Gasteiger partial charge in [0.1, 0.15) is 11.5 Å². The van der Waals surface area contributed by atoms with Crippen LogP contribution in [0.3, 0.4) is 0 Å². The second kappa shape index (κ2) is 6.12. The molecule has 0 spiro atoms. The number of nitrogens with zero attached hydrogens (tertiary/aromatic N) is 1. The summed E-state index contributed by atoms with van der Waals surface area (Å²) in [5.74, 6) is -0.997. The molecule has 1 aliphatic rings. The molecule has 2 heterocycles. The van der Waals surface area contributed by atoms with Crippen molar-refractivity contribution in [2.75, 3.05) is 13.2 Å². The summed E-state index contributed by atoms with van der Waals surface area (Å²) in [6.45, 7) is 4.25. The number of esters is 1. The second-order valence-electron chi connectivity index (χ2n) is 5.25. The first-order valence-corrected chi connectivity index (χ1v) is 8.25. The minimum atomic E-state index is -4.07. The van der Waals surface area contributed by atoms with Gasteiger partial charge in [-0.2, -0.15) is 5.10 Å². The van der Waals surface area contributed by atoms with E-state index in [-0.39, 0.29) is 29.2 Å². The number of sulfonamides is 1. The average molecular weight is 317 g/mol. The summed E-state index contributed by atoms with van der Waals surface area (Å²) >= 11 is 0. The third-order valence-corrected chi connectivity index (χ3v) is 4.21. The molecule has 1 aromatic rings. The summed E-state index contributed by atoms with van der Waals surface area (Å²) in [6, 6.07) is 0. The molecular weight excluding hydrogens is 298 g/mol. The standard InChI is InChI=1S/C12H19N3O5S/c1-7(2)9-11(21(13,17)18)10(15-14-9)12(16)20-6-8-4-3-5-19-8/h7-8H,3-6H2,1-2H3,(H,14,15)(H2,13,17,18). The van der Waals surface area contributed by atoms with Crippen molar-refractivity contribution >= 4 is 16.0 Å². The lowest BCUT2D eigenvalue weighted by Crippen LogP contribution is -2.21. The molecule has 0 aliphatic carbocycles. The Balaban J connectivity index is 2.20. The molecule has 1 fully saturated rings. The highest BCUT2D eigenvalue weighted by atomic mass is 32.2. The van der Waals surface area contributed by atoms with Crippen LogP contribution in [-0.2, 0) is 19.5 Å². The maximum atomic E-state index is 12.0. The maximum Gasteiger partial charge on any atom is 0.360 e. The van der Waals surface area contributed by atoms with Gasteiger partial charge in [0.2, 0.25) is 10.0 Å². The van der Waals surface area contributed by atoms with Crippen LogP contribution in [0.2, 0.25) is 0 Å². The lowest BCUT2D eigenvalue weighted by molar-refractivity contribution is 0.0153. The van der Waals surface area contributed by atoms with Crippen molar-refractivity contribution in [2.24, 2.45) is 5.14 Å². The lowest BCUT2D eigenvalue weighted by atomic mass is 10.1. The summed E-state index contributed by atoms with van der Waals surface area (Å²) in [5, 5.41) is 11.5. The van der Waals surface area contributed by atoms with Gasteiger partial charge >= 0.3 is 5.97 Å². The van der Waals surface area contributed by atoms with Crippen LogP contribution in [0.1, 0.15) is 48.8 Å². The minimum absolute atomic E-state index is 0.0762. The Labute approximate surface area is 123 Å². The van der Waals surface area contributed by atoms with Crippen molar-refractivity contribution in [3.63, 3.8) is 0 Å². The van der Waals surface area contributed by atoms with Gasteiger partial charge < -0.3 is 9.47 Å². The summed E-state index contributed by atoms with van der Waals surface area (Å²) in [7, 11) is -4.07. The van der Waals surface area contributed by atoms with Crippen molar-refractivity contribution in [1.29, 1.82) is 0 Å². The van der Waals surface area contributed by atoms with E-state index in [0.717, 1.165) is 12.8 Å². The molecule has 21 heavy (non-hydrogen) atoms. The Morgan fingerprint density at radius 1 is 1.57 bits per heavy atom. The number of rotatable bonds is 5. The monoisotopic (exact) mass is 317 g/mol. The number of nitrogens with one attached hydrogen (secondary N) is 1. The molecular formula is C12H19N3O5S. The summed E-state index contributed by atoms with van der Waals surface area (Å²) in [6.07, 6.45) is 1.59. The first-order chi connectivity index (χ1) is 9.80. The molecule has 0 saturated carbocycles. The topological polar surface area (TPSA) is 124 Å². The number of aromatic amines is 1. The number of H-pyrrole nitrogens is 1. The highest BCUT2D eigenvalue weighted by molar-refractivity contribution is 7.89. The zero-order valence-electron chi connectivity index (χ0n) is 12.0. The fraction of sp³-hybridized carbons (Fsp3) is 0.667. The van der Waals surface area contributed by atoms with Crippen LogP contribution in [0.5, 0.6) is 0 Å². The zero-order chi connectivity index (χ0) is 15.6. The third kappa shape index (κ3) is 3.60. The molecule has 9 heteroatoms. The first-order valence-electron chi connectivity index (χ1n) is 6.70. The molecule has 0 aromatic carbocycles. The molecule has 8 nitrogen and oxygen atoms in total. The highest BCUT2D eigenvalue weighted by Crippen LogP contribution is 2.24. The predicted molar refractivity (Wildman–Crippen MR) is 73.3 cm³/mol. The average Bonchev–Trinajstić information content (AvgIpc) is 3.03. The number of hydrogen-bond donors (Lipinski definition) is 2. The van der Waals surface area contributed by atoms with E-state index < -0.39 is 16.0 Å². The van der Waals surface area contributed by atoms with E-state index >= 15 is 0 Å². The number of carbonyl (C=O) groups excluding carboxylic acids is 1. The Hall–Kier alpha value is -1.45. The Morgan fingerprint density at radius 3 is 2.81 bits per heavy atom. The summed E-state index contributed by atoms with van der Waals surface area (Å²) in [5.41, 5.74) is -0.0132. The molecule has 1 aromatic heterocycles. The molecule has 0 amide bonds. The van der Waals surface area contributed by atoms with Crippen LogP contribution in [0.4, 0.5) is 0 Å². The third-order valence-electron chi connectivity index (χ3n) is 3.23. The molecule has 0 radical (unpaired) electrons. The largest absolute Gasteiger partial charge is 0.458 e.